The van der Waals surface area contributed by atoms with Gasteiger partial charge in [0.05, 0.1) is 16.2 Å². The average Bonchev–Trinajstić information content (AvgIpc) is 0.742. The van der Waals surface area contributed by atoms with E-state index >= 15 is 0 Å². The van der Waals surface area contributed by atoms with E-state index in [1.807, 2.05) is 43.6 Å². The zero-order valence-electron chi connectivity index (χ0n) is 67.1. The highest BCUT2D eigenvalue weighted by Gasteiger charge is 2.43. The lowest BCUT2D eigenvalue weighted by molar-refractivity contribution is -0.143. The molecule has 0 saturated carbocycles. The normalized spacial score (nSPS) is 16.5. The van der Waals surface area contributed by atoms with Crippen molar-refractivity contribution >= 4 is 79.8 Å². The number of nitrogens with zero attached hydrogens (tertiary/aromatic N) is 20. The summed E-state index contributed by atoms with van der Waals surface area (Å²) in [5.41, 5.74) is -7.82. The Balaban J connectivity index is 0.000000155. The van der Waals surface area contributed by atoms with Crippen molar-refractivity contribution in [2.24, 2.45) is 0 Å². The van der Waals surface area contributed by atoms with E-state index in [1.165, 1.54) is 41.3 Å². The third-order valence-electron chi connectivity index (χ3n) is 23.1. The van der Waals surface area contributed by atoms with E-state index in [4.69, 9.17) is 9.97 Å². The van der Waals surface area contributed by atoms with Crippen LogP contribution in [0.1, 0.15) is 77.9 Å². The van der Waals surface area contributed by atoms with Crippen molar-refractivity contribution in [1.29, 1.82) is 0 Å². The van der Waals surface area contributed by atoms with Crippen LogP contribution in [0.25, 0.3) is 49.8 Å². The number of benzene rings is 3. The van der Waals surface area contributed by atoms with Gasteiger partial charge in [-0.15, -0.1) is 0 Å². The number of piperazine rings is 2. The minimum absolute atomic E-state index is 0.111. The quantitative estimate of drug-likeness (QED) is 0.0473. The van der Waals surface area contributed by atoms with Gasteiger partial charge >= 0.3 is 12.4 Å². The molecular formula is C82H95F9N20O8. The average molecular weight is 1660 g/mol. The monoisotopic (exact) mass is 1660 g/mol. The Morgan fingerprint density at radius 2 is 0.706 bits per heavy atom. The van der Waals surface area contributed by atoms with Crippen molar-refractivity contribution in [2.45, 2.75) is 98.2 Å². The number of carbonyl (C=O) groups excluding carboxylic acids is 2. The fourth-order valence-electron chi connectivity index (χ4n) is 16.5. The molecule has 9 aromatic rings. The smallest absolute Gasteiger partial charge is 0.431 e. The largest absolute Gasteiger partial charge is 0.506 e. The van der Waals surface area contributed by atoms with Crippen LogP contribution < -0.4 is 46.1 Å². The number of phenols is 3. The van der Waals surface area contributed by atoms with Crippen LogP contribution in [0, 0.1) is 24.4 Å². The summed E-state index contributed by atoms with van der Waals surface area (Å²) in [6.07, 6.45) is -4.46. The number of aromatic hydroxyl groups is 3. The second-order valence-corrected chi connectivity index (χ2v) is 29.8. The van der Waals surface area contributed by atoms with Gasteiger partial charge in [-0.3, -0.25) is 52.4 Å². The zero-order chi connectivity index (χ0) is 85.4. The molecule has 6 aliphatic heterocycles. The molecule has 0 aliphatic carbocycles. The topological polar surface area (TPSA) is 274 Å². The molecule has 119 heavy (non-hydrogen) atoms. The number of aryl methyl sites for hydroxylation is 1. The summed E-state index contributed by atoms with van der Waals surface area (Å²) < 4.78 is 133. The van der Waals surface area contributed by atoms with Gasteiger partial charge in [-0.25, -0.2) is 28.1 Å². The van der Waals surface area contributed by atoms with Crippen LogP contribution >= 0.6 is 0 Å². The van der Waals surface area contributed by atoms with Gasteiger partial charge in [0.2, 0.25) is 29.7 Å². The number of fused-ring (bicyclic) bond motifs is 3. The molecule has 6 aromatic heterocycles. The van der Waals surface area contributed by atoms with Crippen molar-refractivity contribution in [3.63, 3.8) is 0 Å². The fourth-order valence-corrected chi connectivity index (χ4v) is 16.5. The van der Waals surface area contributed by atoms with Crippen LogP contribution in [0.15, 0.2) is 112 Å². The Bertz CT molecular complexity index is 5210. The molecule has 0 unspecified atom stereocenters. The Morgan fingerprint density at radius 1 is 0.420 bits per heavy atom. The van der Waals surface area contributed by atoms with Crippen LogP contribution in [0.3, 0.4) is 0 Å². The summed E-state index contributed by atoms with van der Waals surface area (Å²) in [7, 11) is 0. The molecule has 0 spiro atoms. The van der Waals surface area contributed by atoms with Crippen molar-refractivity contribution in [2.75, 3.05) is 173 Å². The highest BCUT2D eigenvalue weighted by Crippen LogP contribution is 2.42. The molecule has 0 bridgehead atoms. The van der Waals surface area contributed by atoms with Gasteiger partial charge in [0.25, 0.3) is 16.7 Å². The first kappa shape index (κ1) is 85.3. The number of hydrogen-bond donors (Lipinski definition) is 3. The van der Waals surface area contributed by atoms with E-state index in [-0.39, 0.29) is 148 Å². The number of rotatable bonds is 20. The van der Waals surface area contributed by atoms with E-state index in [1.54, 1.807) is 26.5 Å². The first-order chi connectivity index (χ1) is 56.9. The summed E-state index contributed by atoms with van der Waals surface area (Å²) in [5, 5.41) is 31.4. The SMILES string of the molecule is C=CC(=O)N1CCN(c2nc(N3CC(N(CC)CC)C3)nc3c(=O)n(-c4c(O)cccc4F)c(C(F)(F)F)cc23)CC1.C=CC(=O)N1CCN(c2nc(N3CC(N(CC)CC)C3)nc3c(=O)n(-c4c(O)cccc4F)c(C(F)(F)F)cc23)CC1.CCN(CC)C1CN(c2nc(N3CCCCC3)c3cc(C)n(-c4c(O)cccc4F)c(=O)c3n2)C1. The number of para-hydroxylation sites is 3. The number of amides is 2. The van der Waals surface area contributed by atoms with Crippen LogP contribution in [-0.4, -0.2) is 257 Å². The van der Waals surface area contributed by atoms with Gasteiger partial charge in [-0.05, 0) is 132 Å². The number of likely N-dealkylation sites (N-methyl/N-ethyl adjacent to an activating group) is 3. The van der Waals surface area contributed by atoms with E-state index in [9.17, 15) is 78.8 Å². The standard InChI is InChI=1S/2C28H31F4N7O3.C26H33FN6O2/c2*1-4-22(41)36-10-12-37(13-11-36)25-18-14-21(28(30,31)32)39(24-19(29)8-7-9-20(24)40)26(42)23(18)33-27(34-25)38-15-17(16-38)35(5-2)6-3;1-4-30(5-2)18-15-32(16-18)26-28-22-19(24(29-26)31-12-7-6-8-13-31)14-17(3)33(25(22)35)23-20(27)10-9-11-21(23)34/h2*4,7-9,14,17,40H,1,5-6,10-13,15-16H2,2-3H3;9-11,14,18,34H,4-8,12-13,15-16H2,1-3H3. The highest BCUT2D eigenvalue weighted by atomic mass is 19.4. The summed E-state index contributed by atoms with van der Waals surface area (Å²) in [6.45, 7) is 34.2. The van der Waals surface area contributed by atoms with Crippen molar-refractivity contribution in [1.82, 2.24) is 68.1 Å². The molecule has 3 aromatic carbocycles. The zero-order valence-corrected chi connectivity index (χ0v) is 67.1. The Morgan fingerprint density at radius 3 is 0.992 bits per heavy atom. The maximum Gasteiger partial charge on any atom is 0.431 e. The molecule has 6 aliphatic rings. The van der Waals surface area contributed by atoms with Crippen molar-refractivity contribution in [3.05, 3.63) is 164 Å². The minimum atomic E-state index is -5.10. The Hall–Kier alpha value is -11.6. The second kappa shape index (κ2) is 35.1. The molecule has 0 atom stereocenters. The summed E-state index contributed by atoms with van der Waals surface area (Å²) in [6, 6.07) is 14.2. The number of phenolic OH excluding ortho intramolecular Hbond substituents is 3. The van der Waals surface area contributed by atoms with Gasteiger partial charge in [0.15, 0.2) is 17.5 Å². The maximum absolute atomic E-state index is 14.9. The molecule has 12 heterocycles. The lowest BCUT2D eigenvalue weighted by atomic mass is 10.1. The number of carbonyl (C=O) groups is 2. The Labute approximate surface area is 679 Å². The van der Waals surface area contributed by atoms with Crippen LogP contribution in [0.2, 0.25) is 0 Å². The molecule has 15 rings (SSSR count). The summed E-state index contributed by atoms with van der Waals surface area (Å²) in [5.74, 6) is -3.71. The first-order valence-corrected chi connectivity index (χ1v) is 39.9. The number of pyridine rings is 3. The first-order valence-electron chi connectivity index (χ1n) is 39.9. The molecule has 2 amide bonds. The highest BCUT2D eigenvalue weighted by molar-refractivity contribution is 5.94. The number of aromatic nitrogens is 9. The van der Waals surface area contributed by atoms with Crippen LogP contribution in [0.5, 0.6) is 17.2 Å². The molecule has 3 N–H and O–H groups in total. The number of halogens is 9. The lowest BCUT2D eigenvalue weighted by Gasteiger charge is -2.45. The number of piperidine rings is 1. The van der Waals surface area contributed by atoms with Gasteiger partial charge in [0, 0.05) is 129 Å². The fraction of sp³-hybridized carbons (Fsp3) is 0.451. The number of hydrogen-bond acceptors (Lipinski definition) is 23. The van der Waals surface area contributed by atoms with Crippen LogP contribution in [0.4, 0.5) is 74.8 Å². The third kappa shape index (κ3) is 16.8. The second-order valence-electron chi connectivity index (χ2n) is 29.8. The predicted molar refractivity (Wildman–Crippen MR) is 436 cm³/mol. The third-order valence-corrected chi connectivity index (χ3v) is 23.1. The molecule has 6 saturated heterocycles. The van der Waals surface area contributed by atoms with E-state index in [0.29, 0.717) is 49.2 Å². The van der Waals surface area contributed by atoms with E-state index in [0.717, 1.165) is 133 Å². The van der Waals surface area contributed by atoms with Gasteiger partial charge in [-0.2, -0.15) is 41.3 Å². The minimum Gasteiger partial charge on any atom is -0.506 e. The molecule has 28 nitrogen and oxygen atoms in total. The molecular weight excluding hydrogens is 1560 g/mol. The number of alkyl halides is 6. The van der Waals surface area contributed by atoms with Gasteiger partial charge < -0.3 is 54.5 Å². The van der Waals surface area contributed by atoms with Crippen molar-refractivity contribution < 1.29 is 64.4 Å². The molecule has 0 radical (unpaired) electrons. The summed E-state index contributed by atoms with van der Waals surface area (Å²) >= 11 is 0. The van der Waals surface area contributed by atoms with E-state index < -0.39 is 80.7 Å². The van der Waals surface area contributed by atoms with Gasteiger partial charge in [-0.1, -0.05) is 72.9 Å². The lowest BCUT2D eigenvalue weighted by Crippen LogP contribution is -2.60. The van der Waals surface area contributed by atoms with E-state index in [2.05, 4.69) is 71.4 Å². The molecule has 37 heteroatoms. The van der Waals surface area contributed by atoms with Crippen LogP contribution in [-0.2, 0) is 21.9 Å². The molecule has 6 fully saturated rings. The van der Waals surface area contributed by atoms with Gasteiger partial charge in [0.1, 0.15) is 79.7 Å². The Kier molecular flexibility index (Phi) is 25.2. The van der Waals surface area contributed by atoms with Crippen molar-refractivity contribution in [3.8, 4) is 34.3 Å². The predicted octanol–water partition coefficient (Wildman–Crippen LogP) is 9.47. The summed E-state index contributed by atoms with van der Waals surface area (Å²) in [4.78, 5) is 115. The number of anilines is 6. The maximum atomic E-state index is 14.9. The molecule has 634 valence electrons.